The third kappa shape index (κ3) is 3.65. The van der Waals surface area contributed by atoms with Crippen LogP contribution in [0.2, 0.25) is 0 Å². The molecule has 0 amide bonds. The van der Waals surface area contributed by atoms with E-state index in [1.165, 1.54) is 23.7 Å². The number of rotatable bonds is 7. The molecular formula is C19H24FN5O2. The second-order valence-electron chi connectivity index (χ2n) is 6.66. The maximum atomic E-state index is 13.2. The first-order chi connectivity index (χ1) is 12.9. The van der Waals surface area contributed by atoms with Gasteiger partial charge in [0.25, 0.3) is 5.56 Å². The van der Waals surface area contributed by atoms with Crippen LogP contribution in [0.5, 0.6) is 0 Å². The average Bonchev–Trinajstić information content (AvgIpc) is 3.02. The first-order valence-electron chi connectivity index (χ1n) is 9.08. The SMILES string of the molecule is CCCCCNc1nc2c(c(=O)n(C)c(=O)n2C)n1Cc1ccc(F)cc1. The number of unbranched alkanes of at least 4 members (excludes halogenated alkanes) is 2. The molecule has 0 aliphatic rings. The summed E-state index contributed by atoms with van der Waals surface area (Å²) >= 11 is 0. The Balaban J connectivity index is 2.12. The summed E-state index contributed by atoms with van der Waals surface area (Å²) in [7, 11) is 3.05. The van der Waals surface area contributed by atoms with Crippen LogP contribution < -0.4 is 16.6 Å². The van der Waals surface area contributed by atoms with Crippen molar-refractivity contribution >= 4 is 17.1 Å². The second kappa shape index (κ2) is 7.77. The molecule has 0 fully saturated rings. The fourth-order valence-corrected chi connectivity index (χ4v) is 3.08. The molecule has 0 saturated heterocycles. The standard InChI is InChI=1S/C19H24FN5O2/c1-4-5-6-11-21-18-22-16-15(17(26)24(3)19(27)23(16)2)25(18)12-13-7-9-14(20)10-8-13/h7-10H,4-6,11-12H2,1-3H3,(H,21,22). The molecule has 0 atom stereocenters. The molecule has 0 radical (unpaired) electrons. The van der Waals surface area contributed by atoms with Crippen molar-refractivity contribution in [1.29, 1.82) is 0 Å². The first kappa shape index (κ1) is 18.9. The van der Waals surface area contributed by atoms with E-state index in [0.29, 0.717) is 23.7 Å². The van der Waals surface area contributed by atoms with Gasteiger partial charge in [0.15, 0.2) is 11.2 Å². The van der Waals surface area contributed by atoms with Crippen LogP contribution in [-0.4, -0.2) is 25.2 Å². The Bertz CT molecular complexity index is 1060. The summed E-state index contributed by atoms with van der Waals surface area (Å²) < 4.78 is 17.4. The number of aryl methyl sites for hydroxylation is 1. The van der Waals surface area contributed by atoms with Gasteiger partial charge in [-0.1, -0.05) is 31.9 Å². The predicted molar refractivity (Wildman–Crippen MR) is 104 cm³/mol. The summed E-state index contributed by atoms with van der Waals surface area (Å²) in [6, 6.07) is 6.12. The van der Waals surface area contributed by atoms with E-state index in [2.05, 4.69) is 17.2 Å². The maximum Gasteiger partial charge on any atom is 0.332 e. The molecule has 0 aliphatic carbocycles. The molecular weight excluding hydrogens is 349 g/mol. The molecule has 144 valence electrons. The third-order valence-corrected chi connectivity index (χ3v) is 4.67. The van der Waals surface area contributed by atoms with Crippen molar-refractivity contribution in [3.05, 3.63) is 56.5 Å². The molecule has 7 nitrogen and oxygen atoms in total. The van der Waals surface area contributed by atoms with Crippen LogP contribution in [0.3, 0.4) is 0 Å². The highest BCUT2D eigenvalue weighted by Crippen LogP contribution is 2.18. The Kier molecular flexibility index (Phi) is 5.43. The van der Waals surface area contributed by atoms with E-state index in [4.69, 9.17) is 0 Å². The minimum atomic E-state index is -0.420. The molecule has 3 aromatic rings. The van der Waals surface area contributed by atoms with Gasteiger partial charge in [0, 0.05) is 20.6 Å². The summed E-state index contributed by atoms with van der Waals surface area (Å²) in [5.41, 5.74) is 0.703. The number of halogens is 1. The molecule has 2 aromatic heterocycles. The zero-order valence-corrected chi connectivity index (χ0v) is 15.8. The molecule has 0 saturated carbocycles. The number of benzene rings is 1. The molecule has 8 heteroatoms. The lowest BCUT2D eigenvalue weighted by atomic mass is 10.2. The smallest absolute Gasteiger partial charge is 0.332 e. The molecule has 0 unspecified atom stereocenters. The van der Waals surface area contributed by atoms with Crippen molar-refractivity contribution in [2.24, 2.45) is 14.1 Å². The van der Waals surface area contributed by atoms with Crippen molar-refractivity contribution in [3.63, 3.8) is 0 Å². The molecule has 2 heterocycles. The number of hydrogen-bond donors (Lipinski definition) is 1. The first-order valence-corrected chi connectivity index (χ1v) is 9.08. The van der Waals surface area contributed by atoms with Crippen molar-refractivity contribution in [3.8, 4) is 0 Å². The molecule has 1 N–H and O–H groups in total. The van der Waals surface area contributed by atoms with Gasteiger partial charge in [-0.2, -0.15) is 4.98 Å². The van der Waals surface area contributed by atoms with Crippen LogP contribution in [0, 0.1) is 5.82 Å². The Morgan fingerprint density at radius 3 is 2.44 bits per heavy atom. The summed E-state index contributed by atoms with van der Waals surface area (Å²) in [6.07, 6.45) is 3.17. The highest BCUT2D eigenvalue weighted by Gasteiger charge is 2.19. The highest BCUT2D eigenvalue weighted by molar-refractivity contribution is 5.74. The van der Waals surface area contributed by atoms with Crippen molar-refractivity contribution < 1.29 is 4.39 Å². The molecule has 3 rings (SSSR count). The molecule has 27 heavy (non-hydrogen) atoms. The van der Waals surface area contributed by atoms with Gasteiger partial charge < -0.3 is 5.32 Å². The van der Waals surface area contributed by atoms with Crippen molar-refractivity contribution in [2.75, 3.05) is 11.9 Å². The largest absolute Gasteiger partial charge is 0.356 e. The van der Waals surface area contributed by atoms with E-state index in [1.807, 2.05) is 0 Å². The van der Waals surface area contributed by atoms with Gasteiger partial charge in [0.2, 0.25) is 5.95 Å². The van der Waals surface area contributed by atoms with Crippen molar-refractivity contribution in [2.45, 2.75) is 32.7 Å². The third-order valence-electron chi connectivity index (χ3n) is 4.67. The van der Waals surface area contributed by atoms with E-state index in [0.717, 1.165) is 35.9 Å². The predicted octanol–water partition coefficient (Wildman–Crippen LogP) is 2.22. The van der Waals surface area contributed by atoms with Crippen LogP contribution in [0.1, 0.15) is 31.7 Å². The molecule has 0 spiro atoms. The van der Waals surface area contributed by atoms with Gasteiger partial charge in [0.1, 0.15) is 5.82 Å². The fraction of sp³-hybridized carbons (Fsp3) is 0.421. The van der Waals surface area contributed by atoms with Crippen LogP contribution in [0.25, 0.3) is 11.2 Å². The highest BCUT2D eigenvalue weighted by atomic mass is 19.1. The minimum absolute atomic E-state index is 0.314. The van der Waals surface area contributed by atoms with E-state index >= 15 is 0 Å². The normalized spacial score (nSPS) is 11.3. The number of nitrogens with one attached hydrogen (secondary N) is 1. The Morgan fingerprint density at radius 1 is 1.07 bits per heavy atom. The van der Waals surface area contributed by atoms with E-state index in [1.54, 1.807) is 23.7 Å². The summed E-state index contributed by atoms with van der Waals surface area (Å²) in [5, 5.41) is 3.28. The zero-order valence-electron chi connectivity index (χ0n) is 15.8. The fourth-order valence-electron chi connectivity index (χ4n) is 3.08. The number of hydrogen-bond acceptors (Lipinski definition) is 4. The van der Waals surface area contributed by atoms with Gasteiger partial charge in [-0.05, 0) is 24.1 Å². The Hall–Kier alpha value is -2.90. The molecule has 0 aliphatic heterocycles. The molecule has 1 aromatic carbocycles. The number of aromatic nitrogens is 4. The van der Waals surface area contributed by atoms with Crippen LogP contribution in [0.15, 0.2) is 33.9 Å². The van der Waals surface area contributed by atoms with E-state index in [9.17, 15) is 14.0 Å². The summed E-state index contributed by atoms with van der Waals surface area (Å²) in [4.78, 5) is 29.5. The van der Waals surface area contributed by atoms with Gasteiger partial charge in [0.05, 0.1) is 6.54 Å². The monoisotopic (exact) mass is 373 g/mol. The van der Waals surface area contributed by atoms with Gasteiger partial charge in [-0.15, -0.1) is 0 Å². The van der Waals surface area contributed by atoms with Gasteiger partial charge >= 0.3 is 5.69 Å². The summed E-state index contributed by atoms with van der Waals surface area (Å²) in [5.74, 6) is 0.217. The minimum Gasteiger partial charge on any atom is -0.356 e. The van der Waals surface area contributed by atoms with Gasteiger partial charge in [-0.25, -0.2) is 9.18 Å². The van der Waals surface area contributed by atoms with E-state index in [-0.39, 0.29) is 5.82 Å². The lowest BCUT2D eigenvalue weighted by molar-refractivity contribution is 0.626. The van der Waals surface area contributed by atoms with Crippen LogP contribution in [-0.2, 0) is 20.6 Å². The topological polar surface area (TPSA) is 73.8 Å². The maximum absolute atomic E-state index is 13.2. The quantitative estimate of drug-likeness (QED) is 0.645. The van der Waals surface area contributed by atoms with Gasteiger partial charge in [-0.3, -0.25) is 18.5 Å². The Labute approximate surface area is 156 Å². The summed E-state index contributed by atoms with van der Waals surface area (Å²) in [6.45, 7) is 3.19. The van der Waals surface area contributed by atoms with Crippen LogP contribution >= 0.6 is 0 Å². The van der Waals surface area contributed by atoms with E-state index < -0.39 is 11.2 Å². The Morgan fingerprint density at radius 2 is 1.78 bits per heavy atom. The van der Waals surface area contributed by atoms with Crippen LogP contribution in [0.4, 0.5) is 10.3 Å². The zero-order chi connectivity index (χ0) is 19.6. The van der Waals surface area contributed by atoms with Crippen molar-refractivity contribution in [1.82, 2.24) is 18.7 Å². The number of fused-ring (bicyclic) bond motifs is 1. The number of imidazole rings is 1. The lowest BCUT2D eigenvalue weighted by Crippen LogP contribution is -2.37. The lowest BCUT2D eigenvalue weighted by Gasteiger charge is -2.11. The number of nitrogens with zero attached hydrogens (tertiary/aromatic N) is 4. The molecule has 0 bridgehead atoms. The average molecular weight is 373 g/mol. The second-order valence-corrected chi connectivity index (χ2v) is 6.66. The number of anilines is 1.